The van der Waals surface area contributed by atoms with Crippen molar-refractivity contribution in [2.75, 3.05) is 50.2 Å². The van der Waals surface area contributed by atoms with E-state index in [0.29, 0.717) is 69.4 Å². The van der Waals surface area contributed by atoms with Gasteiger partial charge in [-0.2, -0.15) is 13.2 Å². The van der Waals surface area contributed by atoms with E-state index in [4.69, 9.17) is 4.74 Å². The van der Waals surface area contributed by atoms with Crippen molar-refractivity contribution in [2.45, 2.75) is 31.9 Å². The maximum Gasteiger partial charge on any atom is 0.417 e. The molecular weight excluding hydrogens is 602 g/mol. The van der Waals surface area contributed by atoms with E-state index >= 15 is 0 Å². The van der Waals surface area contributed by atoms with Crippen molar-refractivity contribution in [2.24, 2.45) is 10.8 Å². The highest BCUT2D eigenvalue weighted by atomic mass is 19.4. The number of ketones is 1. The lowest BCUT2D eigenvalue weighted by Gasteiger charge is -2.70. The van der Waals surface area contributed by atoms with E-state index in [1.165, 1.54) is 4.52 Å². The Morgan fingerprint density at radius 3 is 2.51 bits per heavy atom. The van der Waals surface area contributed by atoms with E-state index < -0.39 is 35.0 Å². The van der Waals surface area contributed by atoms with Crippen molar-refractivity contribution in [3.05, 3.63) is 48.1 Å². The third kappa shape index (κ3) is 5.69. The van der Waals surface area contributed by atoms with Gasteiger partial charge in [-0.25, -0.2) is 23.7 Å². The fraction of sp³-hybridized carbons (Fsp3) is 0.448. The lowest BCUT2D eigenvalue weighted by atomic mass is 9.33. The molecule has 3 aromatic heterocycles. The summed E-state index contributed by atoms with van der Waals surface area (Å²) in [4.78, 5) is 46.2. The maximum absolute atomic E-state index is 14.2. The molecular formula is C29H29F4N7O5. The minimum Gasteiger partial charge on any atom is -0.453 e. The third-order valence-corrected chi connectivity index (χ3v) is 8.64. The number of Topliss-reactive ketones (excluding diaryl/α,β-unsaturated/α-hetero) is 1. The molecule has 3 aromatic rings. The predicted octanol–water partition coefficient (Wildman–Crippen LogP) is 3.71. The van der Waals surface area contributed by atoms with Gasteiger partial charge >= 0.3 is 12.3 Å². The van der Waals surface area contributed by atoms with Gasteiger partial charge in [-0.15, -0.1) is 5.10 Å². The molecule has 238 valence electrons. The Hall–Kier alpha value is -4.60. The second-order valence-electron chi connectivity index (χ2n) is 11.8. The monoisotopic (exact) mass is 631 g/mol. The van der Waals surface area contributed by atoms with Gasteiger partial charge in [0, 0.05) is 30.9 Å². The summed E-state index contributed by atoms with van der Waals surface area (Å²) in [6.45, 7) is 4.44. The lowest BCUT2D eigenvalue weighted by molar-refractivity contribution is -0.203. The number of hydrogen-bond donors (Lipinski definition) is 2. The van der Waals surface area contributed by atoms with Crippen LogP contribution in [0.3, 0.4) is 0 Å². The molecule has 0 atom stereocenters. The summed E-state index contributed by atoms with van der Waals surface area (Å²) in [5.74, 6) is -2.42. The Morgan fingerprint density at radius 1 is 1.16 bits per heavy atom. The van der Waals surface area contributed by atoms with Crippen LogP contribution in [0.1, 0.15) is 30.4 Å². The number of anilines is 2. The van der Waals surface area contributed by atoms with Crippen LogP contribution < -0.4 is 15.5 Å². The summed E-state index contributed by atoms with van der Waals surface area (Å²) < 4.78 is 67.1. The highest BCUT2D eigenvalue weighted by molar-refractivity contribution is 5.96. The van der Waals surface area contributed by atoms with Crippen molar-refractivity contribution in [1.82, 2.24) is 24.9 Å². The molecule has 0 aromatic carbocycles. The number of alkyl halides is 3. The number of amides is 2. The number of fused-ring (bicyclic) bond motifs is 1. The van der Waals surface area contributed by atoms with Gasteiger partial charge in [0.1, 0.15) is 11.3 Å². The lowest BCUT2D eigenvalue weighted by Crippen LogP contribution is -2.67. The number of rotatable bonds is 9. The number of halogens is 4. The summed E-state index contributed by atoms with van der Waals surface area (Å²) in [7, 11) is 1.08. The van der Waals surface area contributed by atoms with E-state index in [-0.39, 0.29) is 34.9 Å². The predicted molar refractivity (Wildman–Crippen MR) is 151 cm³/mol. The summed E-state index contributed by atoms with van der Waals surface area (Å²) in [6, 6.07) is 2.61. The van der Waals surface area contributed by atoms with Crippen LogP contribution in [0, 0.1) is 10.8 Å². The third-order valence-electron chi connectivity index (χ3n) is 8.64. The Morgan fingerprint density at radius 2 is 1.87 bits per heavy atom. The van der Waals surface area contributed by atoms with Gasteiger partial charge in [0.15, 0.2) is 23.3 Å². The average molecular weight is 632 g/mol. The first-order valence-electron chi connectivity index (χ1n) is 14.1. The second kappa shape index (κ2) is 11.1. The van der Waals surface area contributed by atoms with Gasteiger partial charge < -0.3 is 19.7 Å². The molecule has 2 N–H and O–H groups in total. The molecule has 1 saturated heterocycles. The van der Waals surface area contributed by atoms with Crippen molar-refractivity contribution in [3.8, 4) is 11.4 Å². The molecule has 4 aliphatic rings. The number of nitrogens with zero attached hydrogens (tertiary/aromatic N) is 5. The van der Waals surface area contributed by atoms with E-state index in [0.717, 1.165) is 18.9 Å². The van der Waals surface area contributed by atoms with Crippen molar-refractivity contribution in [1.29, 1.82) is 0 Å². The fourth-order valence-electron chi connectivity index (χ4n) is 6.71. The van der Waals surface area contributed by atoms with Gasteiger partial charge in [-0.05, 0) is 48.8 Å². The zero-order valence-corrected chi connectivity index (χ0v) is 24.2. The molecule has 1 aliphatic heterocycles. The quantitative estimate of drug-likeness (QED) is 0.267. The minimum absolute atomic E-state index is 0.125. The van der Waals surface area contributed by atoms with Crippen LogP contribution in [-0.2, 0) is 31.7 Å². The number of aromatic nitrogens is 4. The van der Waals surface area contributed by atoms with Gasteiger partial charge in [-0.3, -0.25) is 14.9 Å². The smallest absolute Gasteiger partial charge is 0.417 e. The fourth-order valence-corrected chi connectivity index (χ4v) is 6.71. The summed E-state index contributed by atoms with van der Waals surface area (Å²) in [5, 5.41) is 8.84. The van der Waals surface area contributed by atoms with Crippen LogP contribution in [0.4, 0.5) is 34.0 Å². The number of pyridine rings is 1. The summed E-state index contributed by atoms with van der Waals surface area (Å²) in [6.07, 6.45) is -0.590. The van der Waals surface area contributed by atoms with Crippen LogP contribution in [0.25, 0.3) is 16.9 Å². The number of hydrogen-bond acceptors (Lipinski definition) is 9. The number of methoxy groups -OCH3 is 1. The number of carbonyl (C=O) groups is 3. The first kappa shape index (κ1) is 30.4. The first-order chi connectivity index (χ1) is 21.3. The first-order valence-corrected chi connectivity index (χ1v) is 14.1. The van der Waals surface area contributed by atoms with Crippen LogP contribution >= 0.6 is 0 Å². The molecule has 7 rings (SSSR count). The Labute approximate surface area is 253 Å². The van der Waals surface area contributed by atoms with E-state index in [2.05, 4.69) is 37.0 Å². The summed E-state index contributed by atoms with van der Waals surface area (Å²) >= 11 is 0. The highest BCUT2D eigenvalue weighted by Crippen LogP contribution is 2.74. The molecule has 4 fully saturated rings. The Balaban J connectivity index is 1.29. The highest BCUT2D eigenvalue weighted by Gasteiger charge is 2.70. The van der Waals surface area contributed by atoms with E-state index in [1.54, 1.807) is 6.20 Å². The standard InChI is InChI=1S/C29H29F4N7O5/c1-16(30)25(42)35-11-21(41)28-13-27(14-28,15-28)9-17-7-20-24(39-3-5-45-6-4-39)37-23(38-40(20)12-17)18-10-34-22(36-26(43)44-2)8-19(18)29(31,32)33/h7-8,10,12H,1,3-6,9,11,13-15H2,2H3,(H,35,42)(H,34,36,43). The van der Waals surface area contributed by atoms with Gasteiger partial charge in [0.05, 0.1) is 38.0 Å². The van der Waals surface area contributed by atoms with Crippen LogP contribution in [0.2, 0.25) is 0 Å². The van der Waals surface area contributed by atoms with Crippen LogP contribution in [0.5, 0.6) is 0 Å². The number of morpholine rings is 1. The zero-order chi connectivity index (χ0) is 32.1. The Bertz CT molecular complexity index is 1700. The molecule has 0 unspecified atom stereocenters. The second-order valence-corrected chi connectivity index (χ2v) is 11.8. The minimum atomic E-state index is -4.82. The van der Waals surface area contributed by atoms with Crippen LogP contribution in [-0.4, -0.2) is 77.3 Å². The molecule has 2 amide bonds. The molecule has 12 nitrogen and oxygen atoms in total. The van der Waals surface area contributed by atoms with Crippen molar-refractivity contribution >= 4 is 34.9 Å². The molecule has 0 spiro atoms. The number of ether oxygens (including phenoxy) is 2. The van der Waals surface area contributed by atoms with Gasteiger partial charge in [-0.1, -0.05) is 6.58 Å². The number of nitrogens with one attached hydrogen (secondary N) is 2. The van der Waals surface area contributed by atoms with E-state index in [9.17, 15) is 31.9 Å². The van der Waals surface area contributed by atoms with Gasteiger partial charge in [0.2, 0.25) is 0 Å². The largest absolute Gasteiger partial charge is 0.453 e. The van der Waals surface area contributed by atoms with Crippen molar-refractivity contribution < 1.29 is 41.4 Å². The molecule has 3 saturated carbocycles. The zero-order valence-electron chi connectivity index (χ0n) is 24.2. The van der Waals surface area contributed by atoms with Crippen molar-refractivity contribution in [3.63, 3.8) is 0 Å². The van der Waals surface area contributed by atoms with Gasteiger partial charge in [0.25, 0.3) is 5.91 Å². The molecule has 3 aliphatic carbocycles. The van der Waals surface area contributed by atoms with Crippen LogP contribution in [0.15, 0.2) is 36.9 Å². The Kier molecular flexibility index (Phi) is 7.49. The normalized spacial score (nSPS) is 22.3. The SMILES string of the molecule is C=C(F)C(=O)NCC(=O)C12CC(Cc3cc4c(N5CCOCC5)nc(-c5cnc(NC(=O)OC)cc5C(F)(F)F)nn4c3)(C1)C2. The molecule has 45 heavy (non-hydrogen) atoms. The molecule has 2 bridgehead atoms. The maximum atomic E-state index is 14.2. The summed E-state index contributed by atoms with van der Waals surface area (Å²) in [5.41, 5.74) is -0.628. The average Bonchev–Trinajstić information content (AvgIpc) is 3.38. The topological polar surface area (TPSA) is 140 Å². The molecule has 4 heterocycles. The van der Waals surface area contributed by atoms with E-state index in [1.807, 2.05) is 11.0 Å². The molecule has 16 heteroatoms. The molecule has 0 radical (unpaired) electrons. The number of carbonyl (C=O) groups excluding carboxylic acids is 3.